The van der Waals surface area contributed by atoms with Crippen LogP contribution >= 0.6 is 23.2 Å². The fourth-order valence-corrected chi connectivity index (χ4v) is 4.63. The summed E-state index contributed by atoms with van der Waals surface area (Å²) >= 11 is 12.2. The van der Waals surface area contributed by atoms with Crippen LogP contribution in [0.25, 0.3) is 0 Å². The molecule has 5 heteroatoms. The molecule has 0 radical (unpaired) electrons. The lowest BCUT2D eigenvalue weighted by molar-refractivity contribution is 0.247. The lowest BCUT2D eigenvalue weighted by atomic mass is 9.63. The maximum absolute atomic E-state index is 15.0. The summed E-state index contributed by atoms with van der Waals surface area (Å²) in [7, 11) is 0. The van der Waals surface area contributed by atoms with Crippen LogP contribution in [0.1, 0.15) is 44.4 Å². The minimum Gasteiger partial charge on any atom is -0.308 e. The van der Waals surface area contributed by atoms with Crippen LogP contribution in [0.5, 0.6) is 0 Å². The Morgan fingerprint density at radius 1 is 1.19 bits per heavy atom. The molecule has 1 aliphatic heterocycles. The van der Waals surface area contributed by atoms with Crippen molar-refractivity contribution in [2.24, 2.45) is 11.3 Å². The molecular weight excluding hydrogens is 382 g/mol. The van der Waals surface area contributed by atoms with Crippen molar-refractivity contribution in [3.05, 3.63) is 69.5 Å². The maximum Gasteiger partial charge on any atom is 0.129 e. The highest BCUT2D eigenvalue weighted by Crippen LogP contribution is 2.51. The predicted molar refractivity (Wildman–Crippen MR) is 108 cm³/mol. The number of nitrogens with one attached hydrogen (secondary N) is 1. The van der Waals surface area contributed by atoms with Gasteiger partial charge >= 0.3 is 0 Å². The molecule has 27 heavy (non-hydrogen) atoms. The minimum absolute atomic E-state index is 0.000567. The van der Waals surface area contributed by atoms with Gasteiger partial charge in [-0.25, -0.2) is 4.39 Å². The molecule has 0 bridgehead atoms. The Bertz CT molecular complexity index is 885. The number of hydrogen-bond acceptors (Lipinski definition) is 2. The number of nitriles is 1. The third-order valence-corrected chi connectivity index (χ3v) is 5.74. The number of halogens is 3. The summed E-state index contributed by atoms with van der Waals surface area (Å²) in [5.74, 6) is -0.499. The quantitative estimate of drug-likeness (QED) is 0.651. The van der Waals surface area contributed by atoms with Gasteiger partial charge in [0.2, 0.25) is 0 Å². The van der Waals surface area contributed by atoms with Crippen molar-refractivity contribution < 1.29 is 4.39 Å². The average molecular weight is 405 g/mol. The Morgan fingerprint density at radius 2 is 1.89 bits per heavy atom. The summed E-state index contributed by atoms with van der Waals surface area (Å²) in [5.41, 5.74) is 0.223. The van der Waals surface area contributed by atoms with E-state index in [-0.39, 0.29) is 17.4 Å². The van der Waals surface area contributed by atoms with E-state index in [4.69, 9.17) is 23.2 Å². The third kappa shape index (κ3) is 3.85. The molecular formula is C22H23Cl2FN2. The van der Waals surface area contributed by atoms with E-state index in [9.17, 15) is 5.26 Å². The lowest BCUT2D eigenvalue weighted by Crippen LogP contribution is -2.39. The first kappa shape index (κ1) is 20.1. The predicted octanol–water partition coefficient (Wildman–Crippen LogP) is 6.29. The maximum atomic E-state index is 15.0. The van der Waals surface area contributed by atoms with Crippen LogP contribution in [-0.4, -0.2) is 6.54 Å². The van der Waals surface area contributed by atoms with Crippen molar-refractivity contribution in [1.82, 2.24) is 5.32 Å². The van der Waals surface area contributed by atoms with Crippen molar-refractivity contribution in [1.29, 1.82) is 5.26 Å². The van der Waals surface area contributed by atoms with Gasteiger partial charge in [0.25, 0.3) is 0 Å². The monoisotopic (exact) mass is 404 g/mol. The minimum atomic E-state index is -1.05. The van der Waals surface area contributed by atoms with E-state index >= 15 is 4.39 Å². The smallest absolute Gasteiger partial charge is 0.129 e. The fraction of sp³-hybridized carbons (Fsp3) is 0.409. The van der Waals surface area contributed by atoms with E-state index in [1.807, 2.05) is 18.2 Å². The van der Waals surface area contributed by atoms with Crippen LogP contribution in [0.15, 0.2) is 42.5 Å². The second-order valence-electron chi connectivity index (χ2n) is 8.46. The summed E-state index contributed by atoms with van der Waals surface area (Å²) in [4.78, 5) is 0. The van der Waals surface area contributed by atoms with E-state index in [2.05, 4.69) is 32.2 Å². The van der Waals surface area contributed by atoms with Crippen LogP contribution in [0.3, 0.4) is 0 Å². The van der Waals surface area contributed by atoms with Crippen LogP contribution in [0.4, 0.5) is 4.39 Å². The molecule has 1 fully saturated rings. The number of rotatable bonds is 3. The third-order valence-electron chi connectivity index (χ3n) is 5.27. The average Bonchev–Trinajstić information content (AvgIpc) is 2.92. The summed E-state index contributed by atoms with van der Waals surface area (Å²) in [6.07, 6.45) is 0.784. The zero-order valence-corrected chi connectivity index (χ0v) is 17.2. The van der Waals surface area contributed by atoms with Gasteiger partial charge in [-0.3, -0.25) is 0 Å². The molecule has 0 saturated carbocycles. The van der Waals surface area contributed by atoms with Gasteiger partial charge in [0.15, 0.2) is 0 Å². The van der Waals surface area contributed by atoms with Gasteiger partial charge in [-0.2, -0.15) is 5.26 Å². The first-order valence-electron chi connectivity index (χ1n) is 9.03. The van der Waals surface area contributed by atoms with Crippen molar-refractivity contribution in [2.45, 2.75) is 38.6 Å². The zero-order chi connectivity index (χ0) is 19.8. The van der Waals surface area contributed by atoms with Gasteiger partial charge in [0.05, 0.1) is 12.1 Å². The SMILES string of the molecule is CC(C)(C)C[C@@H]1CN[C@@H](c2cccc(Cl)c2)[C@@]1(C#N)c1ccc(Cl)cc1F. The van der Waals surface area contributed by atoms with Crippen molar-refractivity contribution in [3.8, 4) is 6.07 Å². The van der Waals surface area contributed by atoms with E-state index < -0.39 is 11.2 Å². The highest BCUT2D eigenvalue weighted by molar-refractivity contribution is 6.30. The Hall–Kier alpha value is -1.60. The van der Waals surface area contributed by atoms with Crippen LogP contribution in [-0.2, 0) is 5.41 Å². The van der Waals surface area contributed by atoms with Crippen molar-refractivity contribution in [3.63, 3.8) is 0 Å². The van der Waals surface area contributed by atoms with E-state index in [0.717, 1.165) is 12.0 Å². The topological polar surface area (TPSA) is 35.8 Å². The molecule has 1 aliphatic rings. The molecule has 2 nitrogen and oxygen atoms in total. The highest BCUT2D eigenvalue weighted by atomic mass is 35.5. The molecule has 142 valence electrons. The normalized spacial score (nSPS) is 25.4. The molecule has 0 unspecified atom stereocenters. The summed E-state index contributed by atoms with van der Waals surface area (Å²) in [5, 5.41) is 14.8. The summed E-state index contributed by atoms with van der Waals surface area (Å²) in [6.45, 7) is 7.05. The molecule has 2 aromatic carbocycles. The summed E-state index contributed by atoms with van der Waals surface area (Å²) < 4.78 is 15.0. The molecule has 0 amide bonds. The number of hydrogen-bond donors (Lipinski definition) is 1. The zero-order valence-electron chi connectivity index (χ0n) is 15.7. The highest BCUT2D eigenvalue weighted by Gasteiger charge is 2.54. The molecule has 2 aromatic rings. The van der Waals surface area contributed by atoms with Gasteiger partial charge in [-0.1, -0.05) is 62.2 Å². The molecule has 3 atom stereocenters. The Kier molecular flexibility index (Phi) is 5.54. The Labute approximate surface area is 170 Å². The molecule has 0 aliphatic carbocycles. The van der Waals surface area contributed by atoms with Gasteiger partial charge in [-0.15, -0.1) is 0 Å². The van der Waals surface area contributed by atoms with E-state index in [0.29, 0.717) is 22.2 Å². The number of benzene rings is 2. The lowest BCUT2D eigenvalue weighted by Gasteiger charge is -2.37. The standard InChI is InChI=1S/C22H23Cl2FN2/c1-21(2,3)11-15-12-27-20(14-5-4-6-16(23)9-14)22(15,13-26)18-8-7-17(24)10-19(18)25/h4-10,15,20,27H,11-12H2,1-3H3/t15-,20+,22-/m1/s1. The van der Waals surface area contributed by atoms with Crippen LogP contribution in [0.2, 0.25) is 10.0 Å². The molecule has 0 spiro atoms. The van der Waals surface area contributed by atoms with Crippen LogP contribution in [0, 0.1) is 28.5 Å². The number of nitrogens with zero attached hydrogens (tertiary/aromatic N) is 1. The van der Waals surface area contributed by atoms with Gasteiger partial charge in [0, 0.05) is 22.2 Å². The van der Waals surface area contributed by atoms with Crippen LogP contribution < -0.4 is 5.32 Å². The largest absolute Gasteiger partial charge is 0.308 e. The molecule has 1 saturated heterocycles. The molecule has 1 N–H and O–H groups in total. The van der Waals surface area contributed by atoms with Gasteiger partial charge in [0.1, 0.15) is 11.2 Å². The second-order valence-corrected chi connectivity index (χ2v) is 9.34. The van der Waals surface area contributed by atoms with Gasteiger partial charge < -0.3 is 5.32 Å². The summed E-state index contributed by atoms with van der Waals surface area (Å²) in [6, 6.07) is 14.2. The Balaban J connectivity index is 2.20. The fourth-order valence-electron chi connectivity index (χ4n) is 4.27. The molecule has 1 heterocycles. The van der Waals surface area contributed by atoms with E-state index in [1.54, 1.807) is 18.2 Å². The second kappa shape index (κ2) is 7.43. The van der Waals surface area contributed by atoms with E-state index in [1.165, 1.54) is 6.07 Å². The first-order valence-corrected chi connectivity index (χ1v) is 9.78. The molecule has 0 aromatic heterocycles. The van der Waals surface area contributed by atoms with Gasteiger partial charge in [-0.05, 0) is 47.6 Å². The van der Waals surface area contributed by atoms with Crippen molar-refractivity contribution >= 4 is 23.2 Å². The first-order chi connectivity index (χ1) is 12.7. The Morgan fingerprint density at radius 3 is 2.48 bits per heavy atom. The van der Waals surface area contributed by atoms with Crippen molar-refractivity contribution in [2.75, 3.05) is 6.54 Å². The molecule has 3 rings (SSSR count).